The van der Waals surface area contributed by atoms with E-state index in [0.717, 1.165) is 41.2 Å². The number of para-hydroxylation sites is 1. The molecule has 3 N–H and O–H groups in total. The van der Waals surface area contributed by atoms with E-state index in [1.54, 1.807) is 7.11 Å². The molecule has 2 heterocycles. The number of rotatable bonds is 9. The first kappa shape index (κ1) is 24.2. The third-order valence-corrected chi connectivity index (χ3v) is 5.95. The van der Waals surface area contributed by atoms with Gasteiger partial charge < -0.3 is 30.5 Å². The van der Waals surface area contributed by atoms with Crippen molar-refractivity contribution >= 4 is 39.6 Å². The number of nitrogens with one attached hydrogen (secondary N) is 1. The van der Waals surface area contributed by atoms with Gasteiger partial charge in [-0.1, -0.05) is 18.2 Å². The molecule has 0 fully saturated rings. The Morgan fingerprint density at radius 1 is 1.00 bits per heavy atom. The highest BCUT2D eigenvalue weighted by molar-refractivity contribution is 5.83. The molecule has 4 aromatic rings. The van der Waals surface area contributed by atoms with E-state index in [1.807, 2.05) is 62.7 Å². The number of ether oxygens (including phenoxy) is 1. The zero-order chi connectivity index (χ0) is 25.1. The van der Waals surface area contributed by atoms with Gasteiger partial charge in [0.25, 0.3) is 0 Å². The summed E-state index contributed by atoms with van der Waals surface area (Å²) in [5.74, 6) is 1.90. The minimum absolute atomic E-state index is 0.454. The number of hydrogen-bond acceptors (Lipinski definition) is 8. The smallest absolute Gasteiger partial charge is 0.229 e. The van der Waals surface area contributed by atoms with Gasteiger partial charge in [-0.2, -0.15) is 4.98 Å². The highest BCUT2D eigenvalue weighted by Crippen LogP contribution is 2.36. The number of nitrogens with two attached hydrogens (primary N) is 1. The van der Waals surface area contributed by atoms with Gasteiger partial charge in [0.2, 0.25) is 5.95 Å². The van der Waals surface area contributed by atoms with Crippen LogP contribution in [0.15, 0.2) is 54.9 Å². The van der Waals surface area contributed by atoms with E-state index < -0.39 is 0 Å². The summed E-state index contributed by atoms with van der Waals surface area (Å²) in [4.78, 5) is 15.7. The first-order chi connectivity index (χ1) is 16.8. The van der Waals surface area contributed by atoms with Crippen molar-refractivity contribution in [1.29, 1.82) is 0 Å². The maximum atomic E-state index is 6.44. The third-order valence-electron chi connectivity index (χ3n) is 5.95. The van der Waals surface area contributed by atoms with Crippen LogP contribution < -0.4 is 25.6 Å². The molecule has 0 atom stereocenters. The van der Waals surface area contributed by atoms with Crippen molar-refractivity contribution in [3.8, 4) is 11.6 Å². The largest absolute Gasteiger partial charge is 0.494 e. The summed E-state index contributed by atoms with van der Waals surface area (Å²) in [7, 11) is 11.7. The SMILES string of the molecule is COc1cc(N(C)CCN(C)C)c(N)cc1Nc1ncc(N(C)C)c(-n2ccc3ccccc32)n1. The molecule has 0 aliphatic rings. The molecule has 0 saturated carbocycles. The van der Waals surface area contributed by atoms with Gasteiger partial charge in [0, 0.05) is 46.5 Å². The Kier molecular flexibility index (Phi) is 6.97. The number of benzene rings is 2. The second-order valence-electron chi connectivity index (χ2n) is 9.00. The van der Waals surface area contributed by atoms with Gasteiger partial charge in [0.1, 0.15) is 5.75 Å². The zero-order valence-corrected chi connectivity index (χ0v) is 21.3. The summed E-state index contributed by atoms with van der Waals surface area (Å²) in [6, 6.07) is 14.1. The first-order valence-corrected chi connectivity index (χ1v) is 11.5. The normalized spacial score (nSPS) is 11.2. The fraction of sp³-hybridized carbons (Fsp3) is 0.308. The number of likely N-dealkylation sites (N-methyl/N-ethyl adjacent to an activating group) is 2. The lowest BCUT2D eigenvalue weighted by Crippen LogP contribution is -2.29. The molecule has 0 bridgehead atoms. The number of methoxy groups -OCH3 is 1. The van der Waals surface area contributed by atoms with E-state index >= 15 is 0 Å². The molecular formula is C26H34N8O. The second-order valence-corrected chi connectivity index (χ2v) is 9.00. The molecule has 2 aromatic carbocycles. The Morgan fingerprint density at radius 3 is 2.49 bits per heavy atom. The summed E-state index contributed by atoms with van der Waals surface area (Å²) < 4.78 is 7.76. The van der Waals surface area contributed by atoms with Gasteiger partial charge in [-0.15, -0.1) is 0 Å². The van der Waals surface area contributed by atoms with Crippen molar-refractivity contribution < 1.29 is 4.74 Å². The fourth-order valence-electron chi connectivity index (χ4n) is 3.96. The molecule has 2 aromatic heterocycles. The van der Waals surface area contributed by atoms with Crippen LogP contribution in [0.5, 0.6) is 5.75 Å². The molecule has 0 spiro atoms. The topological polar surface area (TPSA) is 87.7 Å². The molecule has 184 valence electrons. The van der Waals surface area contributed by atoms with Crippen LogP contribution in [0.3, 0.4) is 0 Å². The minimum atomic E-state index is 0.454. The van der Waals surface area contributed by atoms with Crippen LogP contribution in [-0.4, -0.2) is 74.9 Å². The Morgan fingerprint density at radius 2 is 1.77 bits per heavy atom. The lowest BCUT2D eigenvalue weighted by Gasteiger charge is -2.24. The van der Waals surface area contributed by atoms with Crippen LogP contribution in [0, 0.1) is 0 Å². The number of hydrogen-bond donors (Lipinski definition) is 2. The summed E-state index contributed by atoms with van der Waals surface area (Å²) in [6.45, 7) is 1.76. The molecule has 0 amide bonds. The van der Waals surface area contributed by atoms with E-state index in [-0.39, 0.29) is 0 Å². The first-order valence-electron chi connectivity index (χ1n) is 11.5. The van der Waals surface area contributed by atoms with Crippen LogP contribution in [-0.2, 0) is 0 Å². The van der Waals surface area contributed by atoms with Crippen LogP contribution in [0.2, 0.25) is 0 Å². The molecule has 4 rings (SSSR count). The van der Waals surface area contributed by atoms with Crippen molar-refractivity contribution in [3.05, 3.63) is 54.9 Å². The maximum absolute atomic E-state index is 6.44. The van der Waals surface area contributed by atoms with Gasteiger partial charge in [-0.3, -0.25) is 4.57 Å². The average molecular weight is 475 g/mol. The Bertz CT molecular complexity index is 1310. The van der Waals surface area contributed by atoms with E-state index in [4.69, 9.17) is 15.5 Å². The number of nitrogens with zero attached hydrogens (tertiary/aromatic N) is 6. The quantitative estimate of drug-likeness (QED) is 0.354. The highest BCUT2D eigenvalue weighted by atomic mass is 16.5. The van der Waals surface area contributed by atoms with Crippen LogP contribution in [0.1, 0.15) is 0 Å². The van der Waals surface area contributed by atoms with E-state index in [9.17, 15) is 0 Å². The Labute approximate surface area is 206 Å². The molecule has 9 heteroatoms. The van der Waals surface area contributed by atoms with Crippen LogP contribution >= 0.6 is 0 Å². The van der Waals surface area contributed by atoms with Crippen molar-refractivity contribution in [2.45, 2.75) is 0 Å². The molecule has 0 aliphatic carbocycles. The molecule has 0 aliphatic heterocycles. The summed E-state index contributed by atoms with van der Waals surface area (Å²) >= 11 is 0. The lowest BCUT2D eigenvalue weighted by molar-refractivity contribution is 0.413. The van der Waals surface area contributed by atoms with Gasteiger partial charge in [0.05, 0.1) is 41.6 Å². The van der Waals surface area contributed by atoms with Crippen molar-refractivity contribution in [2.75, 3.05) is 76.3 Å². The minimum Gasteiger partial charge on any atom is -0.494 e. The predicted molar refractivity (Wildman–Crippen MR) is 146 cm³/mol. The predicted octanol–water partition coefficient (Wildman–Crippen LogP) is 3.82. The maximum Gasteiger partial charge on any atom is 0.229 e. The van der Waals surface area contributed by atoms with Crippen molar-refractivity contribution in [1.82, 2.24) is 19.4 Å². The summed E-state index contributed by atoms with van der Waals surface area (Å²) in [5, 5.41) is 4.46. The van der Waals surface area contributed by atoms with Crippen molar-refractivity contribution in [2.24, 2.45) is 0 Å². The summed E-state index contributed by atoms with van der Waals surface area (Å²) in [5.41, 5.74) is 10.7. The lowest BCUT2D eigenvalue weighted by atomic mass is 10.2. The average Bonchev–Trinajstić information content (AvgIpc) is 3.26. The number of anilines is 5. The molecule has 35 heavy (non-hydrogen) atoms. The summed E-state index contributed by atoms with van der Waals surface area (Å²) in [6.07, 6.45) is 3.85. The van der Waals surface area contributed by atoms with Crippen molar-refractivity contribution in [3.63, 3.8) is 0 Å². The zero-order valence-electron chi connectivity index (χ0n) is 21.3. The highest BCUT2D eigenvalue weighted by Gasteiger charge is 2.16. The molecule has 9 nitrogen and oxygen atoms in total. The Balaban J connectivity index is 1.70. The van der Waals surface area contributed by atoms with Crippen LogP contribution in [0.25, 0.3) is 16.7 Å². The number of fused-ring (bicyclic) bond motifs is 1. The number of aromatic nitrogens is 3. The Hall–Kier alpha value is -3.98. The fourth-order valence-corrected chi connectivity index (χ4v) is 3.96. The monoisotopic (exact) mass is 474 g/mol. The van der Waals surface area contributed by atoms with Gasteiger partial charge >= 0.3 is 0 Å². The molecule has 0 unspecified atom stereocenters. The third kappa shape index (κ3) is 5.09. The van der Waals surface area contributed by atoms with E-state index in [1.165, 1.54) is 0 Å². The molecular weight excluding hydrogens is 440 g/mol. The van der Waals surface area contributed by atoms with Gasteiger partial charge in [0.15, 0.2) is 5.82 Å². The standard InChI is InChI=1S/C26H34N8O/c1-31(2)13-14-33(5)22-16-24(35-6)20(15-19(22)27)29-26-28-17-23(32(3)4)25(30-26)34-12-11-18-9-7-8-10-21(18)34/h7-12,15-17H,13-14,27H2,1-6H3,(H,28,29,30). The van der Waals surface area contributed by atoms with E-state index in [0.29, 0.717) is 23.1 Å². The second kappa shape index (κ2) is 10.1. The van der Waals surface area contributed by atoms with Crippen LogP contribution in [0.4, 0.5) is 28.7 Å². The molecule has 0 saturated heterocycles. The van der Waals surface area contributed by atoms with Gasteiger partial charge in [-0.05, 0) is 37.7 Å². The number of nitrogen functional groups attached to an aromatic ring is 1. The van der Waals surface area contributed by atoms with Gasteiger partial charge in [-0.25, -0.2) is 4.98 Å². The van der Waals surface area contributed by atoms with E-state index in [2.05, 4.69) is 57.0 Å². The molecule has 0 radical (unpaired) electrons.